The molecule has 0 aliphatic heterocycles. The molecule has 0 spiro atoms. The van der Waals surface area contributed by atoms with Crippen molar-refractivity contribution >= 4 is 34.6 Å². The maximum Gasteiger partial charge on any atom is 0.252 e. The van der Waals surface area contributed by atoms with Gasteiger partial charge in [-0.25, -0.2) is 15.0 Å². The van der Waals surface area contributed by atoms with Gasteiger partial charge in [-0.3, -0.25) is 15.1 Å². The van der Waals surface area contributed by atoms with E-state index in [4.69, 9.17) is 0 Å². The molecule has 0 atom stereocenters. The van der Waals surface area contributed by atoms with Crippen molar-refractivity contribution in [3.05, 3.63) is 80.9 Å². The zero-order valence-corrected chi connectivity index (χ0v) is 18.2. The van der Waals surface area contributed by atoms with E-state index in [1.165, 1.54) is 17.2 Å². The summed E-state index contributed by atoms with van der Waals surface area (Å²) in [6.45, 7) is 8.12. The Bertz CT molecular complexity index is 1280. The summed E-state index contributed by atoms with van der Waals surface area (Å²) in [6.07, 6.45) is 0. The largest absolute Gasteiger partial charge is 0.294 e. The minimum Gasteiger partial charge on any atom is -0.294 e. The number of benzene rings is 2. The average molecular weight is 418 g/mol. The van der Waals surface area contributed by atoms with Gasteiger partial charge < -0.3 is 0 Å². The molecule has 2 N–H and O–H groups in total. The molecule has 2 heterocycles. The molecule has 2 aromatic heterocycles. The van der Waals surface area contributed by atoms with Crippen LogP contribution in [-0.2, 0) is 5.75 Å². The Labute approximate surface area is 179 Å². The Hall–Kier alpha value is -3.19. The number of H-pyrrole nitrogens is 1. The quantitative estimate of drug-likeness (QED) is 0.446. The molecular formula is C23H23N5OS. The molecule has 0 saturated heterocycles. The minimum absolute atomic E-state index is 0.212. The number of aryl methyl sites for hydroxylation is 4. The molecule has 0 aliphatic carbocycles. The molecule has 0 unspecified atom stereocenters. The Morgan fingerprint density at radius 3 is 2.47 bits per heavy atom. The summed E-state index contributed by atoms with van der Waals surface area (Å²) in [5.74, 6) is 1.35. The van der Waals surface area contributed by atoms with E-state index in [1.54, 1.807) is 11.8 Å². The maximum absolute atomic E-state index is 12.1. The van der Waals surface area contributed by atoms with E-state index >= 15 is 0 Å². The lowest BCUT2D eigenvalue weighted by Gasteiger charge is -2.10. The number of anilines is 2. The van der Waals surface area contributed by atoms with Crippen molar-refractivity contribution in [3.8, 4) is 0 Å². The average Bonchev–Trinajstić information content (AvgIpc) is 2.68. The lowest BCUT2D eigenvalue weighted by molar-refractivity contribution is 1.04. The summed E-state index contributed by atoms with van der Waals surface area (Å²) in [6, 6.07) is 14.0. The predicted molar refractivity (Wildman–Crippen MR) is 123 cm³/mol. The maximum atomic E-state index is 12.1. The fourth-order valence-corrected chi connectivity index (χ4v) is 4.12. The van der Waals surface area contributed by atoms with Crippen LogP contribution in [0.2, 0.25) is 0 Å². The molecule has 0 bridgehead atoms. The second-order valence-electron chi connectivity index (χ2n) is 7.42. The van der Waals surface area contributed by atoms with Crippen molar-refractivity contribution in [3.63, 3.8) is 0 Å². The fourth-order valence-electron chi connectivity index (χ4n) is 3.33. The molecule has 6 nitrogen and oxygen atoms in total. The molecule has 4 rings (SSSR count). The molecule has 0 saturated carbocycles. The Kier molecular flexibility index (Phi) is 5.55. The lowest BCUT2D eigenvalue weighted by atomic mass is 10.1. The Morgan fingerprint density at radius 2 is 1.70 bits per heavy atom. The molecule has 152 valence electrons. The van der Waals surface area contributed by atoms with Crippen molar-refractivity contribution in [2.45, 2.75) is 38.3 Å². The topological polar surface area (TPSA) is 83.6 Å². The molecule has 0 aliphatic rings. The monoisotopic (exact) mass is 417 g/mol. The van der Waals surface area contributed by atoms with Crippen LogP contribution in [0.1, 0.15) is 28.1 Å². The molecule has 7 heteroatoms. The number of nitrogens with zero attached hydrogens (tertiary/aromatic N) is 3. The van der Waals surface area contributed by atoms with E-state index in [-0.39, 0.29) is 5.56 Å². The fraction of sp³-hybridized carbons (Fsp3) is 0.217. The number of aromatic amines is 1. The summed E-state index contributed by atoms with van der Waals surface area (Å²) in [4.78, 5) is 29.7. The van der Waals surface area contributed by atoms with E-state index < -0.39 is 0 Å². The number of aromatic nitrogens is 4. The van der Waals surface area contributed by atoms with Gasteiger partial charge in [-0.05, 0) is 51.5 Å². The predicted octanol–water partition coefficient (Wildman–Crippen LogP) is 4.98. The molecule has 0 amide bonds. The van der Waals surface area contributed by atoms with E-state index in [0.717, 1.165) is 27.1 Å². The molecule has 0 radical (unpaired) electrons. The third-order valence-corrected chi connectivity index (χ3v) is 5.80. The normalized spacial score (nSPS) is 11.1. The smallest absolute Gasteiger partial charge is 0.252 e. The van der Waals surface area contributed by atoms with E-state index in [0.29, 0.717) is 23.3 Å². The molecule has 0 fully saturated rings. The third-order valence-electron chi connectivity index (χ3n) is 4.76. The number of rotatable bonds is 5. The van der Waals surface area contributed by atoms with Crippen molar-refractivity contribution < 1.29 is 0 Å². The first-order valence-electron chi connectivity index (χ1n) is 9.70. The number of hydrogen-bond donors (Lipinski definition) is 2. The highest BCUT2D eigenvalue weighted by Gasteiger charge is 2.10. The van der Waals surface area contributed by atoms with Crippen LogP contribution < -0.4 is 10.9 Å². The number of thioether (sulfide) groups is 1. The van der Waals surface area contributed by atoms with Crippen molar-refractivity contribution in [2.75, 3.05) is 5.32 Å². The van der Waals surface area contributed by atoms with E-state index in [1.807, 2.05) is 13.8 Å². The van der Waals surface area contributed by atoms with Gasteiger partial charge in [0.25, 0.3) is 5.56 Å². The van der Waals surface area contributed by atoms with Crippen molar-refractivity contribution in [2.24, 2.45) is 0 Å². The van der Waals surface area contributed by atoms with Crippen molar-refractivity contribution in [1.29, 1.82) is 0 Å². The Morgan fingerprint density at radius 1 is 0.933 bits per heavy atom. The van der Waals surface area contributed by atoms with Crippen LogP contribution in [0.4, 0.5) is 11.9 Å². The second-order valence-corrected chi connectivity index (χ2v) is 8.47. The summed E-state index contributed by atoms with van der Waals surface area (Å²) in [7, 11) is 0. The van der Waals surface area contributed by atoms with Gasteiger partial charge in [0.15, 0.2) is 0 Å². The van der Waals surface area contributed by atoms with Gasteiger partial charge in [0.05, 0.1) is 16.9 Å². The van der Waals surface area contributed by atoms with Crippen LogP contribution in [0.25, 0.3) is 10.9 Å². The zero-order chi connectivity index (χ0) is 21.3. The lowest BCUT2D eigenvalue weighted by Crippen LogP contribution is -2.13. The molecule has 2 aromatic carbocycles. The molecule has 4 aromatic rings. The van der Waals surface area contributed by atoms with Crippen LogP contribution in [0, 0.1) is 27.7 Å². The van der Waals surface area contributed by atoms with Gasteiger partial charge in [-0.2, -0.15) is 0 Å². The zero-order valence-electron chi connectivity index (χ0n) is 17.4. The van der Waals surface area contributed by atoms with Crippen LogP contribution in [-0.4, -0.2) is 19.9 Å². The highest BCUT2D eigenvalue weighted by atomic mass is 32.2. The van der Waals surface area contributed by atoms with Gasteiger partial charge in [0, 0.05) is 22.1 Å². The van der Waals surface area contributed by atoms with Gasteiger partial charge >= 0.3 is 0 Å². The van der Waals surface area contributed by atoms with E-state index in [9.17, 15) is 4.79 Å². The van der Waals surface area contributed by atoms with Crippen LogP contribution in [0.5, 0.6) is 0 Å². The Balaban J connectivity index is 1.59. The van der Waals surface area contributed by atoms with Crippen molar-refractivity contribution in [1.82, 2.24) is 19.9 Å². The first-order chi connectivity index (χ1) is 14.4. The first-order valence-corrected chi connectivity index (χ1v) is 10.7. The summed E-state index contributed by atoms with van der Waals surface area (Å²) < 4.78 is 0. The number of nitrogens with one attached hydrogen (secondary N) is 2. The number of hydrogen-bond acceptors (Lipinski definition) is 6. The minimum atomic E-state index is -0.212. The van der Waals surface area contributed by atoms with Gasteiger partial charge in [0.1, 0.15) is 0 Å². The summed E-state index contributed by atoms with van der Waals surface area (Å²) >= 11 is 1.64. The molecule has 30 heavy (non-hydrogen) atoms. The first kappa shape index (κ1) is 20.1. The second kappa shape index (κ2) is 8.28. The highest BCUT2D eigenvalue weighted by molar-refractivity contribution is 7.98. The highest BCUT2D eigenvalue weighted by Crippen LogP contribution is 2.24. The van der Waals surface area contributed by atoms with Gasteiger partial charge in [0.2, 0.25) is 11.9 Å². The van der Waals surface area contributed by atoms with Crippen LogP contribution >= 0.6 is 11.8 Å². The van der Waals surface area contributed by atoms with Crippen LogP contribution in [0.3, 0.4) is 0 Å². The van der Waals surface area contributed by atoms with Gasteiger partial charge in [-0.1, -0.05) is 29.3 Å². The third kappa shape index (κ3) is 4.52. The summed E-state index contributed by atoms with van der Waals surface area (Å²) in [5, 5.41) is 4.10. The standard InChI is InChI=1S/C23H23N5OS/c1-13-5-7-18(8-6-13)30-12-17-11-20(29)26-23(25-17)28-22-24-16(4)19-10-14(2)9-15(3)21(19)27-22/h5-11H,12H2,1-4H3,(H2,24,25,26,27,28,29). The van der Waals surface area contributed by atoms with Gasteiger partial charge in [-0.15, -0.1) is 11.8 Å². The molecular weight excluding hydrogens is 394 g/mol. The SMILES string of the molecule is Cc1ccc(SCc2cc(=O)[nH]c(Nc3nc(C)c4cc(C)cc(C)c4n3)n2)cc1. The summed E-state index contributed by atoms with van der Waals surface area (Å²) in [5.41, 5.74) is 5.73. The number of fused-ring (bicyclic) bond motifs is 1. The van der Waals surface area contributed by atoms with Crippen LogP contribution in [0.15, 0.2) is 52.2 Å². The van der Waals surface area contributed by atoms with E-state index in [2.05, 4.69) is 75.5 Å².